The van der Waals surface area contributed by atoms with Gasteiger partial charge in [0.1, 0.15) is 12.7 Å². The van der Waals surface area contributed by atoms with Crippen molar-refractivity contribution < 1.29 is 4.79 Å². The highest BCUT2D eigenvalue weighted by Gasteiger charge is 2.24. The average molecular weight is 339 g/mol. The highest BCUT2D eigenvalue weighted by Crippen LogP contribution is 2.31. The maximum atomic E-state index is 12.4. The van der Waals surface area contributed by atoms with Gasteiger partial charge in [0.25, 0.3) is 0 Å². The molecule has 120 valence electrons. The zero-order chi connectivity index (χ0) is 16.5. The number of fused-ring (bicyclic) bond motifs is 1. The van der Waals surface area contributed by atoms with Crippen LogP contribution in [-0.2, 0) is 17.8 Å². The number of aryl methyl sites for hydroxylation is 1. The predicted octanol–water partition coefficient (Wildman–Crippen LogP) is 3.40. The van der Waals surface area contributed by atoms with E-state index >= 15 is 0 Å². The second kappa shape index (κ2) is 6.09. The number of carbonyl (C=O) groups is 1. The molecular weight excluding hydrogens is 324 g/mol. The zero-order valence-corrected chi connectivity index (χ0v) is 13.6. The summed E-state index contributed by atoms with van der Waals surface area (Å²) in [5, 5.41) is 8.37. The number of rotatable bonds is 3. The quantitative estimate of drug-likeness (QED) is 0.735. The molecule has 0 saturated carbocycles. The molecule has 0 N–H and O–H groups in total. The van der Waals surface area contributed by atoms with Crippen molar-refractivity contribution in [3.63, 3.8) is 0 Å². The van der Waals surface area contributed by atoms with Crippen molar-refractivity contribution in [1.29, 1.82) is 0 Å². The summed E-state index contributed by atoms with van der Waals surface area (Å²) in [5.41, 5.74) is 4.19. The minimum Gasteiger partial charge on any atom is -0.308 e. The van der Waals surface area contributed by atoms with E-state index in [0.717, 1.165) is 28.9 Å². The smallest absolute Gasteiger partial charge is 0.227 e. The van der Waals surface area contributed by atoms with E-state index in [4.69, 9.17) is 11.6 Å². The van der Waals surface area contributed by atoms with E-state index in [1.165, 1.54) is 0 Å². The first-order chi connectivity index (χ1) is 11.7. The molecule has 4 rings (SSSR count). The van der Waals surface area contributed by atoms with E-state index in [2.05, 4.69) is 16.3 Å². The van der Waals surface area contributed by atoms with Crippen LogP contribution in [0.25, 0.3) is 5.69 Å². The Morgan fingerprint density at radius 1 is 1.00 bits per heavy atom. The average Bonchev–Trinajstić information content (AvgIpc) is 3.13. The van der Waals surface area contributed by atoms with Gasteiger partial charge < -0.3 is 4.90 Å². The normalized spacial score (nSPS) is 13.9. The third-order valence-corrected chi connectivity index (χ3v) is 4.49. The number of carbonyl (C=O) groups excluding carboxylic acids is 1. The van der Waals surface area contributed by atoms with Gasteiger partial charge in [-0.3, -0.25) is 9.36 Å². The van der Waals surface area contributed by atoms with E-state index in [1.54, 1.807) is 12.7 Å². The minimum absolute atomic E-state index is 0.148. The Bertz CT molecular complexity index is 875. The van der Waals surface area contributed by atoms with Gasteiger partial charge in [-0.1, -0.05) is 23.7 Å². The second-order valence-electron chi connectivity index (χ2n) is 5.79. The van der Waals surface area contributed by atoms with E-state index in [9.17, 15) is 4.79 Å². The molecule has 3 aromatic rings. The van der Waals surface area contributed by atoms with Gasteiger partial charge in [0.2, 0.25) is 5.91 Å². The minimum atomic E-state index is 0.148. The molecule has 0 aliphatic carbocycles. The number of aromatic nitrogens is 3. The molecule has 1 aromatic heterocycles. The summed E-state index contributed by atoms with van der Waals surface area (Å²) in [4.78, 5) is 14.3. The molecule has 6 heteroatoms. The van der Waals surface area contributed by atoms with Crippen molar-refractivity contribution in [1.82, 2.24) is 14.8 Å². The first kappa shape index (κ1) is 14.9. The molecule has 2 aromatic carbocycles. The van der Waals surface area contributed by atoms with Crippen LogP contribution in [0.5, 0.6) is 0 Å². The van der Waals surface area contributed by atoms with E-state index in [0.29, 0.717) is 18.0 Å². The first-order valence-electron chi connectivity index (χ1n) is 7.73. The number of benzene rings is 2. The molecule has 1 aliphatic rings. The van der Waals surface area contributed by atoms with Crippen molar-refractivity contribution in [3.8, 4) is 5.69 Å². The van der Waals surface area contributed by atoms with Crippen LogP contribution in [-0.4, -0.2) is 20.7 Å². The van der Waals surface area contributed by atoms with Gasteiger partial charge in [-0.25, -0.2) is 0 Å². The van der Waals surface area contributed by atoms with Crippen molar-refractivity contribution in [2.75, 3.05) is 4.90 Å². The Morgan fingerprint density at radius 3 is 2.50 bits per heavy atom. The number of hydrogen-bond donors (Lipinski definition) is 0. The van der Waals surface area contributed by atoms with E-state index in [-0.39, 0.29) is 5.91 Å². The molecule has 0 saturated heterocycles. The molecule has 0 radical (unpaired) electrons. The second-order valence-corrected chi connectivity index (χ2v) is 6.22. The van der Waals surface area contributed by atoms with Gasteiger partial charge in [0.15, 0.2) is 0 Å². The zero-order valence-electron chi connectivity index (χ0n) is 12.9. The molecule has 0 unspecified atom stereocenters. The summed E-state index contributed by atoms with van der Waals surface area (Å²) in [6.45, 7) is 0.551. The van der Waals surface area contributed by atoms with Gasteiger partial charge in [-0.15, -0.1) is 10.2 Å². The molecule has 5 nitrogen and oxygen atoms in total. The first-order valence-corrected chi connectivity index (χ1v) is 8.11. The Labute approximate surface area is 144 Å². The third-order valence-electron chi connectivity index (χ3n) is 4.23. The lowest BCUT2D eigenvalue weighted by Crippen LogP contribution is -2.34. The van der Waals surface area contributed by atoms with Crippen LogP contribution in [0.4, 0.5) is 5.69 Å². The molecule has 24 heavy (non-hydrogen) atoms. The molecule has 0 spiro atoms. The van der Waals surface area contributed by atoms with Crippen molar-refractivity contribution >= 4 is 23.2 Å². The van der Waals surface area contributed by atoms with Crippen LogP contribution in [0.15, 0.2) is 55.1 Å². The third kappa shape index (κ3) is 2.78. The number of amides is 1. The summed E-state index contributed by atoms with van der Waals surface area (Å²) in [6.07, 6.45) is 4.61. The van der Waals surface area contributed by atoms with Crippen LogP contribution in [0, 0.1) is 0 Å². The molecular formula is C18H15ClN4O. The molecule has 1 aliphatic heterocycles. The topological polar surface area (TPSA) is 51.0 Å². The molecule has 1 amide bonds. The standard InChI is InChI=1S/C18H15ClN4O/c19-15-4-1-13(2-5-15)10-23-17-7-6-16(22-11-20-21-12-22)9-14(17)3-8-18(23)24/h1-2,4-7,9,11-12H,3,8,10H2. The molecule has 0 fully saturated rings. The number of anilines is 1. The lowest BCUT2D eigenvalue weighted by Gasteiger charge is -2.30. The highest BCUT2D eigenvalue weighted by atomic mass is 35.5. The fourth-order valence-electron chi connectivity index (χ4n) is 2.99. The number of halogens is 1. The predicted molar refractivity (Wildman–Crippen MR) is 92.3 cm³/mol. The monoisotopic (exact) mass is 338 g/mol. The van der Waals surface area contributed by atoms with E-state index in [1.807, 2.05) is 45.9 Å². The number of hydrogen-bond acceptors (Lipinski definition) is 3. The Hall–Kier alpha value is -2.66. The molecule has 0 bridgehead atoms. The largest absolute Gasteiger partial charge is 0.308 e. The SMILES string of the molecule is O=C1CCc2cc(-n3cnnc3)ccc2N1Cc1ccc(Cl)cc1. The number of nitrogens with zero attached hydrogens (tertiary/aromatic N) is 4. The summed E-state index contributed by atoms with van der Waals surface area (Å²) < 4.78 is 1.86. The fourth-order valence-corrected chi connectivity index (χ4v) is 3.11. The van der Waals surface area contributed by atoms with Crippen LogP contribution in [0.3, 0.4) is 0 Å². The Morgan fingerprint density at radius 2 is 1.75 bits per heavy atom. The van der Waals surface area contributed by atoms with Gasteiger partial charge in [-0.05, 0) is 47.9 Å². The van der Waals surface area contributed by atoms with Gasteiger partial charge in [0.05, 0.1) is 6.54 Å². The van der Waals surface area contributed by atoms with Crippen molar-refractivity contribution in [3.05, 3.63) is 71.3 Å². The van der Waals surface area contributed by atoms with Gasteiger partial charge >= 0.3 is 0 Å². The van der Waals surface area contributed by atoms with Crippen LogP contribution in [0.2, 0.25) is 5.02 Å². The van der Waals surface area contributed by atoms with Gasteiger partial charge in [-0.2, -0.15) is 0 Å². The van der Waals surface area contributed by atoms with Crippen LogP contribution in [0.1, 0.15) is 17.5 Å². The summed E-state index contributed by atoms with van der Waals surface area (Å²) in [5.74, 6) is 0.148. The van der Waals surface area contributed by atoms with Crippen molar-refractivity contribution in [2.24, 2.45) is 0 Å². The van der Waals surface area contributed by atoms with Crippen LogP contribution < -0.4 is 4.90 Å². The lowest BCUT2D eigenvalue weighted by atomic mass is 9.99. The van der Waals surface area contributed by atoms with E-state index < -0.39 is 0 Å². The maximum absolute atomic E-state index is 12.4. The van der Waals surface area contributed by atoms with Crippen LogP contribution >= 0.6 is 11.6 Å². The highest BCUT2D eigenvalue weighted by molar-refractivity contribution is 6.30. The Balaban J connectivity index is 1.67. The summed E-state index contributed by atoms with van der Waals surface area (Å²) in [6, 6.07) is 13.7. The molecule has 0 atom stereocenters. The lowest BCUT2D eigenvalue weighted by molar-refractivity contribution is -0.119. The summed E-state index contributed by atoms with van der Waals surface area (Å²) in [7, 11) is 0. The Kier molecular flexibility index (Phi) is 3.78. The van der Waals surface area contributed by atoms with Gasteiger partial charge in [0, 0.05) is 22.8 Å². The summed E-state index contributed by atoms with van der Waals surface area (Å²) >= 11 is 5.94. The molecule has 2 heterocycles. The fraction of sp³-hybridized carbons (Fsp3) is 0.167. The maximum Gasteiger partial charge on any atom is 0.227 e. The van der Waals surface area contributed by atoms with Crippen molar-refractivity contribution in [2.45, 2.75) is 19.4 Å².